The monoisotopic (exact) mass is 267 g/mol. The summed E-state index contributed by atoms with van der Waals surface area (Å²) in [5.74, 6) is 0.196. The molecule has 0 aliphatic rings. The Balaban J connectivity index is 0.00000162. The molecule has 0 aromatic heterocycles. The molecule has 0 aliphatic heterocycles. The molecule has 0 amide bonds. The van der Waals surface area contributed by atoms with Crippen LogP contribution < -0.4 is 10.5 Å². The first-order valence-corrected chi connectivity index (χ1v) is 5.45. The fraction of sp³-hybridized carbons (Fsp3) is 0.143. The average Bonchev–Trinajstić information content (AvgIpc) is 2.38. The maximum absolute atomic E-state index is 13.1. The zero-order valence-corrected chi connectivity index (χ0v) is 10.6. The largest absolute Gasteiger partial charge is 0.488 e. The minimum absolute atomic E-state index is 0. The van der Waals surface area contributed by atoms with E-state index in [0.717, 1.165) is 11.1 Å². The second-order valence-electron chi connectivity index (χ2n) is 3.73. The van der Waals surface area contributed by atoms with Gasteiger partial charge in [-0.25, -0.2) is 4.39 Å². The van der Waals surface area contributed by atoms with E-state index in [1.54, 1.807) is 6.07 Å². The fourth-order valence-electron chi connectivity index (χ4n) is 1.57. The lowest BCUT2D eigenvalue weighted by atomic mass is 10.2. The topological polar surface area (TPSA) is 35.2 Å². The Kier molecular flexibility index (Phi) is 5.62. The number of hydrogen-bond donors (Lipinski definition) is 1. The van der Waals surface area contributed by atoms with Crippen molar-refractivity contribution in [3.8, 4) is 5.75 Å². The first-order chi connectivity index (χ1) is 8.29. The summed E-state index contributed by atoms with van der Waals surface area (Å²) < 4.78 is 18.7. The van der Waals surface area contributed by atoms with Gasteiger partial charge in [-0.3, -0.25) is 0 Å². The molecule has 0 spiro atoms. The normalized spacial score (nSPS) is 9.67. The molecule has 0 atom stereocenters. The van der Waals surface area contributed by atoms with Crippen LogP contribution in [-0.2, 0) is 13.2 Å². The van der Waals surface area contributed by atoms with Crippen LogP contribution in [0.3, 0.4) is 0 Å². The molecule has 2 aromatic carbocycles. The third-order valence-electron chi connectivity index (χ3n) is 2.49. The minimum atomic E-state index is -0.315. The van der Waals surface area contributed by atoms with Crippen molar-refractivity contribution < 1.29 is 9.13 Å². The molecular weight excluding hydrogens is 253 g/mol. The molecule has 0 radical (unpaired) electrons. The minimum Gasteiger partial charge on any atom is -0.488 e. The summed E-state index contributed by atoms with van der Waals surface area (Å²) in [5, 5.41) is 0. The van der Waals surface area contributed by atoms with Crippen LogP contribution in [0.4, 0.5) is 4.39 Å². The highest BCUT2D eigenvalue weighted by Crippen LogP contribution is 2.20. The van der Waals surface area contributed by atoms with Crippen LogP contribution in [0.1, 0.15) is 11.1 Å². The molecule has 2 nitrogen and oxygen atoms in total. The van der Waals surface area contributed by atoms with E-state index in [0.29, 0.717) is 18.9 Å². The van der Waals surface area contributed by atoms with Gasteiger partial charge in [0.2, 0.25) is 0 Å². The molecule has 18 heavy (non-hydrogen) atoms. The van der Waals surface area contributed by atoms with Gasteiger partial charge in [-0.15, -0.1) is 12.4 Å². The molecule has 0 bridgehead atoms. The molecule has 0 unspecified atom stereocenters. The van der Waals surface area contributed by atoms with Crippen molar-refractivity contribution in [3.05, 3.63) is 65.5 Å². The van der Waals surface area contributed by atoms with E-state index in [-0.39, 0.29) is 18.2 Å². The fourth-order valence-corrected chi connectivity index (χ4v) is 1.57. The predicted octanol–water partition coefficient (Wildman–Crippen LogP) is 3.29. The molecule has 0 saturated carbocycles. The smallest absolute Gasteiger partial charge is 0.127 e. The molecule has 0 fully saturated rings. The first-order valence-electron chi connectivity index (χ1n) is 5.45. The summed E-state index contributed by atoms with van der Waals surface area (Å²) in [7, 11) is 0. The number of rotatable bonds is 4. The van der Waals surface area contributed by atoms with Crippen LogP contribution >= 0.6 is 12.4 Å². The van der Waals surface area contributed by atoms with Gasteiger partial charge < -0.3 is 10.5 Å². The predicted molar refractivity (Wildman–Crippen MR) is 72.3 cm³/mol. The molecule has 0 saturated heterocycles. The van der Waals surface area contributed by atoms with Gasteiger partial charge in [0.15, 0.2) is 0 Å². The number of ether oxygens (including phenoxy) is 1. The van der Waals surface area contributed by atoms with Crippen molar-refractivity contribution in [3.63, 3.8) is 0 Å². The third-order valence-corrected chi connectivity index (χ3v) is 2.49. The summed E-state index contributed by atoms with van der Waals surface area (Å²) in [6.45, 7) is 0.752. The number of benzene rings is 2. The molecular formula is C14H15ClFNO. The van der Waals surface area contributed by atoms with E-state index in [1.807, 2.05) is 30.3 Å². The zero-order valence-electron chi connectivity index (χ0n) is 9.80. The van der Waals surface area contributed by atoms with E-state index in [1.165, 1.54) is 12.1 Å². The maximum Gasteiger partial charge on any atom is 0.127 e. The lowest BCUT2D eigenvalue weighted by molar-refractivity contribution is 0.301. The molecule has 0 aliphatic carbocycles. The molecule has 2 rings (SSSR count). The highest BCUT2D eigenvalue weighted by molar-refractivity contribution is 5.85. The van der Waals surface area contributed by atoms with Gasteiger partial charge in [0.1, 0.15) is 18.2 Å². The number of hydrogen-bond acceptors (Lipinski definition) is 2. The number of halogens is 2. The van der Waals surface area contributed by atoms with Crippen LogP contribution in [0.5, 0.6) is 5.75 Å². The molecule has 2 aromatic rings. The second-order valence-corrected chi connectivity index (χ2v) is 3.73. The second kappa shape index (κ2) is 6.99. The van der Waals surface area contributed by atoms with Crippen molar-refractivity contribution in [1.29, 1.82) is 0 Å². The highest BCUT2D eigenvalue weighted by Gasteiger charge is 2.04. The van der Waals surface area contributed by atoms with Crippen molar-refractivity contribution in [2.75, 3.05) is 0 Å². The van der Waals surface area contributed by atoms with Gasteiger partial charge in [-0.2, -0.15) is 0 Å². The van der Waals surface area contributed by atoms with Gasteiger partial charge in [0.05, 0.1) is 0 Å². The van der Waals surface area contributed by atoms with Crippen molar-refractivity contribution in [2.24, 2.45) is 5.73 Å². The van der Waals surface area contributed by atoms with Crippen molar-refractivity contribution in [1.82, 2.24) is 0 Å². The summed E-state index contributed by atoms with van der Waals surface area (Å²) in [6.07, 6.45) is 0. The van der Waals surface area contributed by atoms with Gasteiger partial charge in [0, 0.05) is 18.2 Å². The van der Waals surface area contributed by atoms with E-state index in [2.05, 4.69) is 0 Å². The number of nitrogens with two attached hydrogens (primary N) is 1. The van der Waals surface area contributed by atoms with Gasteiger partial charge >= 0.3 is 0 Å². The Labute approximate surface area is 112 Å². The Morgan fingerprint density at radius 3 is 2.44 bits per heavy atom. The SMILES string of the molecule is Cl.NCc1ccc(F)cc1OCc1ccccc1. The van der Waals surface area contributed by atoms with Crippen LogP contribution in [0.25, 0.3) is 0 Å². The molecule has 4 heteroatoms. The first kappa shape index (κ1) is 14.5. The van der Waals surface area contributed by atoms with Gasteiger partial charge in [-0.05, 0) is 11.6 Å². The molecule has 0 heterocycles. The Morgan fingerprint density at radius 2 is 1.78 bits per heavy atom. The van der Waals surface area contributed by atoms with E-state index in [4.69, 9.17) is 10.5 Å². The summed E-state index contributed by atoms with van der Waals surface area (Å²) in [5.41, 5.74) is 7.42. The summed E-state index contributed by atoms with van der Waals surface area (Å²) in [4.78, 5) is 0. The van der Waals surface area contributed by atoms with Crippen LogP contribution in [-0.4, -0.2) is 0 Å². The highest BCUT2D eigenvalue weighted by atomic mass is 35.5. The molecule has 96 valence electrons. The standard InChI is InChI=1S/C14H14FNO.ClH/c15-13-7-6-12(9-16)14(8-13)17-10-11-4-2-1-3-5-11;/h1-8H,9-10,16H2;1H. The van der Waals surface area contributed by atoms with E-state index in [9.17, 15) is 4.39 Å². The lowest BCUT2D eigenvalue weighted by Crippen LogP contribution is -2.03. The van der Waals surface area contributed by atoms with Crippen LogP contribution in [0.2, 0.25) is 0 Å². The lowest BCUT2D eigenvalue weighted by Gasteiger charge is -2.10. The third kappa shape index (κ3) is 3.72. The van der Waals surface area contributed by atoms with Crippen molar-refractivity contribution >= 4 is 12.4 Å². The average molecular weight is 268 g/mol. The van der Waals surface area contributed by atoms with Gasteiger partial charge in [-0.1, -0.05) is 36.4 Å². The van der Waals surface area contributed by atoms with Crippen LogP contribution in [0.15, 0.2) is 48.5 Å². The molecule has 2 N–H and O–H groups in total. The Hall–Kier alpha value is -1.58. The van der Waals surface area contributed by atoms with Crippen LogP contribution in [0, 0.1) is 5.82 Å². The maximum atomic E-state index is 13.1. The van der Waals surface area contributed by atoms with Crippen molar-refractivity contribution in [2.45, 2.75) is 13.2 Å². The summed E-state index contributed by atoms with van der Waals surface area (Å²) >= 11 is 0. The Bertz CT molecular complexity index is 490. The Morgan fingerprint density at radius 1 is 1.06 bits per heavy atom. The van der Waals surface area contributed by atoms with E-state index < -0.39 is 0 Å². The zero-order chi connectivity index (χ0) is 12.1. The quantitative estimate of drug-likeness (QED) is 0.923. The van der Waals surface area contributed by atoms with E-state index >= 15 is 0 Å². The van der Waals surface area contributed by atoms with Gasteiger partial charge in [0.25, 0.3) is 0 Å². The summed E-state index contributed by atoms with van der Waals surface area (Å²) in [6, 6.07) is 14.1.